The zero-order chi connectivity index (χ0) is 18.1. The fraction of sp³-hybridized carbons (Fsp3) is 0.0476. The lowest BCUT2D eigenvalue weighted by atomic mass is 10.1. The molecule has 2 aliphatic heterocycles. The minimum Gasteiger partial charge on any atom is -0.324 e. The average molecular weight is 342 g/mol. The third-order valence-corrected chi connectivity index (χ3v) is 4.33. The van der Waals surface area contributed by atoms with Crippen molar-refractivity contribution in [1.29, 1.82) is 0 Å². The molecule has 0 aromatic heterocycles. The number of rotatable bonds is 2. The normalized spacial score (nSPS) is 16.5. The van der Waals surface area contributed by atoms with Gasteiger partial charge in [0.15, 0.2) is 5.84 Å². The highest BCUT2D eigenvalue weighted by atomic mass is 16.2. The van der Waals surface area contributed by atoms with Crippen molar-refractivity contribution < 1.29 is 4.79 Å². The van der Waals surface area contributed by atoms with Crippen molar-refractivity contribution in [3.63, 3.8) is 0 Å². The number of nitrogens with two attached hydrogens (primary N) is 1. The summed E-state index contributed by atoms with van der Waals surface area (Å²) in [5.41, 5.74) is 4.16. The Morgan fingerprint density at radius 2 is 1.58 bits per heavy atom. The highest BCUT2D eigenvalue weighted by Crippen LogP contribution is 2.25. The van der Waals surface area contributed by atoms with E-state index in [1.54, 1.807) is 0 Å². The first-order chi connectivity index (χ1) is 12.6. The number of amides is 1. The predicted molar refractivity (Wildman–Crippen MR) is 103 cm³/mol. The maximum absolute atomic E-state index is 12.5. The molecule has 2 aromatic rings. The Morgan fingerprint density at radius 1 is 0.923 bits per heavy atom. The van der Waals surface area contributed by atoms with Gasteiger partial charge in [-0.1, -0.05) is 48.0 Å². The highest BCUT2D eigenvalue weighted by molar-refractivity contribution is 6.18. The minimum absolute atomic E-state index is 0.308. The van der Waals surface area contributed by atoms with E-state index < -0.39 is 0 Å². The third-order valence-electron chi connectivity index (χ3n) is 4.33. The Bertz CT molecular complexity index is 953. The van der Waals surface area contributed by atoms with E-state index in [2.05, 4.69) is 36.2 Å². The second kappa shape index (κ2) is 6.46. The van der Waals surface area contributed by atoms with E-state index in [0.29, 0.717) is 11.5 Å². The number of hydrazine groups is 1. The molecule has 5 nitrogen and oxygen atoms in total. The Hall–Kier alpha value is -3.44. The molecule has 0 spiro atoms. The van der Waals surface area contributed by atoms with Crippen molar-refractivity contribution in [2.45, 2.75) is 6.92 Å². The van der Waals surface area contributed by atoms with Gasteiger partial charge >= 0.3 is 0 Å². The summed E-state index contributed by atoms with van der Waals surface area (Å²) in [6.07, 6.45) is 7.57. The number of nitrogens with zero attached hydrogens (tertiary/aromatic N) is 3. The van der Waals surface area contributed by atoms with Gasteiger partial charge in [-0.3, -0.25) is 4.79 Å². The summed E-state index contributed by atoms with van der Waals surface area (Å²) in [4.78, 5) is 19.0. The van der Waals surface area contributed by atoms with Crippen LogP contribution in [0.3, 0.4) is 0 Å². The molecule has 2 N–H and O–H groups in total. The summed E-state index contributed by atoms with van der Waals surface area (Å²) in [5, 5.41) is 1.10. The van der Waals surface area contributed by atoms with Crippen LogP contribution in [-0.2, 0) is 4.79 Å². The van der Waals surface area contributed by atoms with Crippen LogP contribution in [0.2, 0.25) is 0 Å². The van der Waals surface area contributed by atoms with E-state index in [-0.39, 0.29) is 5.91 Å². The molecular weight excluding hydrogens is 324 g/mol. The van der Waals surface area contributed by atoms with Crippen LogP contribution in [0.4, 0.5) is 5.69 Å². The third kappa shape index (κ3) is 2.85. The number of aryl methyl sites for hydroxylation is 1. The highest BCUT2D eigenvalue weighted by Gasteiger charge is 2.30. The van der Waals surface area contributed by atoms with Gasteiger partial charge in [0, 0.05) is 29.2 Å². The van der Waals surface area contributed by atoms with Gasteiger partial charge in [-0.15, -0.1) is 0 Å². The number of anilines is 1. The van der Waals surface area contributed by atoms with Gasteiger partial charge in [0.2, 0.25) is 0 Å². The zero-order valence-corrected chi connectivity index (χ0v) is 14.3. The molecule has 0 atom stereocenters. The molecule has 2 heterocycles. The molecule has 0 saturated carbocycles. The van der Waals surface area contributed by atoms with Crippen LogP contribution in [-0.4, -0.2) is 16.8 Å². The quantitative estimate of drug-likeness (QED) is 0.518. The molecule has 1 amide bonds. The smallest absolute Gasteiger partial charge is 0.293 e. The minimum atomic E-state index is -0.308. The largest absolute Gasteiger partial charge is 0.324 e. The zero-order valence-electron chi connectivity index (χ0n) is 14.3. The lowest BCUT2D eigenvalue weighted by Gasteiger charge is -2.19. The summed E-state index contributed by atoms with van der Waals surface area (Å²) in [5.74, 6) is 6.10. The van der Waals surface area contributed by atoms with E-state index >= 15 is 0 Å². The second-order valence-corrected chi connectivity index (χ2v) is 6.15. The Morgan fingerprint density at radius 3 is 2.23 bits per heavy atom. The molecule has 5 heteroatoms. The topological polar surface area (TPSA) is 61.9 Å². The number of carbonyl (C=O) groups excluding carboxylic acids is 1. The van der Waals surface area contributed by atoms with Gasteiger partial charge in [-0.05, 0) is 31.2 Å². The fourth-order valence-electron chi connectivity index (χ4n) is 2.87. The Kier molecular flexibility index (Phi) is 3.99. The van der Waals surface area contributed by atoms with Crippen LogP contribution in [0.15, 0.2) is 95.4 Å². The summed E-state index contributed by atoms with van der Waals surface area (Å²) in [6, 6.07) is 17.7. The summed E-state index contributed by atoms with van der Waals surface area (Å²) >= 11 is 0. The first-order valence-corrected chi connectivity index (χ1v) is 8.32. The van der Waals surface area contributed by atoms with Crippen LogP contribution in [0.1, 0.15) is 11.1 Å². The van der Waals surface area contributed by atoms with E-state index in [1.165, 1.54) is 5.56 Å². The van der Waals surface area contributed by atoms with Gasteiger partial charge in [-0.2, -0.15) is 0 Å². The number of allylic oxidation sites excluding steroid dienone is 3. The standard InChI is InChI=1S/C21H18N4O/c1-15-7-9-18(10-8-15)24-13-11-16(12-14-24)19-21(26)25(22)20(23-19)17-5-3-2-4-6-17/h2-14H,22H2,1H3. The molecule has 0 bridgehead atoms. The molecule has 4 rings (SSSR count). The fourth-order valence-corrected chi connectivity index (χ4v) is 2.87. The lowest BCUT2D eigenvalue weighted by Crippen LogP contribution is -2.39. The van der Waals surface area contributed by atoms with Gasteiger partial charge in [0.25, 0.3) is 5.91 Å². The maximum Gasteiger partial charge on any atom is 0.293 e. The molecule has 26 heavy (non-hydrogen) atoms. The Labute approximate surface area is 152 Å². The number of hydrogen-bond donors (Lipinski definition) is 1. The summed E-state index contributed by atoms with van der Waals surface area (Å²) in [6.45, 7) is 2.06. The summed E-state index contributed by atoms with van der Waals surface area (Å²) in [7, 11) is 0. The number of benzene rings is 2. The molecule has 0 fully saturated rings. The van der Waals surface area contributed by atoms with E-state index in [4.69, 9.17) is 5.84 Å². The van der Waals surface area contributed by atoms with E-state index in [9.17, 15) is 4.79 Å². The van der Waals surface area contributed by atoms with Gasteiger partial charge in [-0.25, -0.2) is 15.8 Å². The van der Waals surface area contributed by atoms with Crippen LogP contribution in [0.25, 0.3) is 0 Å². The van der Waals surface area contributed by atoms with Crippen molar-refractivity contribution in [1.82, 2.24) is 5.01 Å². The first-order valence-electron chi connectivity index (χ1n) is 8.32. The molecule has 2 aliphatic rings. The van der Waals surface area contributed by atoms with Crippen LogP contribution < -0.4 is 10.7 Å². The number of carbonyl (C=O) groups is 1. The second-order valence-electron chi connectivity index (χ2n) is 6.15. The molecule has 128 valence electrons. The first kappa shape index (κ1) is 16.1. The van der Waals surface area contributed by atoms with Crippen LogP contribution in [0, 0.1) is 6.92 Å². The molecule has 0 radical (unpaired) electrons. The maximum atomic E-state index is 12.5. The monoisotopic (exact) mass is 342 g/mol. The SMILES string of the molecule is Cc1ccc(N2C=CC(=C3N=C(c4ccccc4)N(N)C3=O)C=C2)cc1. The Balaban J connectivity index is 1.65. The van der Waals surface area contributed by atoms with Crippen molar-refractivity contribution in [3.8, 4) is 0 Å². The number of aliphatic imine (C=N–C) groups is 1. The molecular formula is C21H18N4O. The van der Waals surface area contributed by atoms with Crippen molar-refractivity contribution in [2.75, 3.05) is 4.90 Å². The summed E-state index contributed by atoms with van der Waals surface area (Å²) < 4.78 is 0. The van der Waals surface area contributed by atoms with Crippen LogP contribution >= 0.6 is 0 Å². The lowest BCUT2D eigenvalue weighted by molar-refractivity contribution is -0.122. The van der Waals surface area contributed by atoms with Crippen molar-refractivity contribution >= 4 is 17.4 Å². The molecule has 0 aliphatic carbocycles. The molecule has 0 saturated heterocycles. The average Bonchev–Trinajstić information content (AvgIpc) is 2.98. The van der Waals surface area contributed by atoms with E-state index in [1.807, 2.05) is 59.8 Å². The molecule has 0 unspecified atom stereocenters. The number of amidine groups is 1. The van der Waals surface area contributed by atoms with E-state index in [0.717, 1.165) is 21.8 Å². The van der Waals surface area contributed by atoms with Crippen molar-refractivity contribution in [3.05, 3.63) is 102 Å². The van der Waals surface area contributed by atoms with Crippen molar-refractivity contribution in [2.24, 2.45) is 10.8 Å². The van der Waals surface area contributed by atoms with Gasteiger partial charge < -0.3 is 4.90 Å². The van der Waals surface area contributed by atoms with Gasteiger partial charge in [0.1, 0.15) is 5.70 Å². The molecule has 2 aromatic carbocycles. The van der Waals surface area contributed by atoms with Crippen LogP contribution in [0.5, 0.6) is 0 Å². The number of hydrogen-bond acceptors (Lipinski definition) is 4. The van der Waals surface area contributed by atoms with Gasteiger partial charge in [0.05, 0.1) is 0 Å². The predicted octanol–water partition coefficient (Wildman–Crippen LogP) is 3.26.